The van der Waals surface area contributed by atoms with Crippen molar-refractivity contribution in [3.05, 3.63) is 0 Å². The number of ether oxygens (including phenoxy) is 1. The number of nitrogens with one attached hydrogen (secondary N) is 1. The van der Waals surface area contributed by atoms with Crippen molar-refractivity contribution in [2.45, 2.75) is 57.7 Å². The first-order chi connectivity index (χ1) is 6.74. The third-order valence-corrected chi connectivity index (χ3v) is 2.65. The van der Waals surface area contributed by atoms with Gasteiger partial charge in [0.1, 0.15) is 6.10 Å². The Kier molecular flexibility index (Phi) is 3.41. The van der Waals surface area contributed by atoms with E-state index in [-0.39, 0.29) is 29.7 Å². The van der Waals surface area contributed by atoms with Gasteiger partial charge in [-0.25, -0.2) is 4.79 Å². The van der Waals surface area contributed by atoms with Crippen LogP contribution in [0, 0.1) is 0 Å². The molecule has 1 heterocycles. The fraction of sp³-hybridized carbons (Fsp3) is 0.909. The Morgan fingerprint density at radius 1 is 1.33 bits per heavy atom. The van der Waals surface area contributed by atoms with Gasteiger partial charge in [-0.1, -0.05) is 0 Å². The molecule has 0 aromatic rings. The molecule has 1 rings (SSSR count). The lowest BCUT2D eigenvalue weighted by Crippen LogP contribution is -2.61. The minimum Gasteiger partial charge on any atom is -0.458 e. The van der Waals surface area contributed by atoms with Gasteiger partial charge < -0.3 is 15.8 Å². The third-order valence-electron chi connectivity index (χ3n) is 2.65. The molecule has 1 aliphatic rings. The number of esters is 1. The minimum absolute atomic E-state index is 0.0190. The first-order valence-electron chi connectivity index (χ1n) is 5.52. The van der Waals surface area contributed by atoms with Crippen LogP contribution in [-0.4, -0.2) is 29.7 Å². The standard InChI is InChI=1S/C11H22N2O2/c1-10(2)5-8(15-9(14)7-12)6-11(3,4)13-10/h8,13H,5-7,12H2,1-4H3/p+1. The van der Waals surface area contributed by atoms with Crippen LogP contribution in [-0.2, 0) is 9.53 Å². The Morgan fingerprint density at radius 3 is 2.20 bits per heavy atom. The van der Waals surface area contributed by atoms with Gasteiger partial charge in [0, 0.05) is 23.9 Å². The monoisotopic (exact) mass is 215 g/mol. The lowest BCUT2D eigenvalue weighted by Gasteiger charge is -2.45. The summed E-state index contributed by atoms with van der Waals surface area (Å²) in [5.74, 6) is -0.200. The molecule has 0 saturated carbocycles. The minimum atomic E-state index is -0.200. The van der Waals surface area contributed by atoms with Gasteiger partial charge in [0.2, 0.25) is 0 Å². The van der Waals surface area contributed by atoms with Crippen molar-refractivity contribution in [3.63, 3.8) is 0 Å². The molecule has 0 aromatic carbocycles. The molecule has 0 aromatic heterocycles. The SMILES string of the molecule is CC1(C)CC(OC(=O)C[NH3+])CC(C)(C)N1. The summed E-state index contributed by atoms with van der Waals surface area (Å²) >= 11 is 0. The van der Waals surface area contributed by atoms with E-state index in [0.717, 1.165) is 12.8 Å². The molecule has 15 heavy (non-hydrogen) atoms. The molecule has 0 spiro atoms. The van der Waals surface area contributed by atoms with E-state index in [1.807, 2.05) is 0 Å². The molecule has 0 amide bonds. The molecule has 4 N–H and O–H groups in total. The van der Waals surface area contributed by atoms with E-state index < -0.39 is 0 Å². The van der Waals surface area contributed by atoms with E-state index in [2.05, 4.69) is 38.7 Å². The Morgan fingerprint density at radius 2 is 1.80 bits per heavy atom. The van der Waals surface area contributed by atoms with E-state index in [1.54, 1.807) is 0 Å². The summed E-state index contributed by atoms with van der Waals surface area (Å²) in [5.41, 5.74) is 3.58. The second-order valence-electron chi connectivity index (χ2n) is 5.66. The summed E-state index contributed by atoms with van der Waals surface area (Å²) in [7, 11) is 0. The Bertz CT molecular complexity index is 233. The van der Waals surface area contributed by atoms with Crippen LogP contribution >= 0.6 is 0 Å². The second kappa shape index (κ2) is 4.10. The highest BCUT2D eigenvalue weighted by atomic mass is 16.5. The molecule has 4 nitrogen and oxygen atoms in total. The van der Waals surface area contributed by atoms with Crippen LogP contribution in [0.5, 0.6) is 0 Å². The molecule has 88 valence electrons. The van der Waals surface area contributed by atoms with Gasteiger partial charge in [0.15, 0.2) is 6.54 Å². The second-order valence-corrected chi connectivity index (χ2v) is 5.66. The van der Waals surface area contributed by atoms with Crippen molar-refractivity contribution < 1.29 is 15.3 Å². The van der Waals surface area contributed by atoms with Crippen LogP contribution in [0.2, 0.25) is 0 Å². The summed E-state index contributed by atoms with van der Waals surface area (Å²) < 4.78 is 5.37. The van der Waals surface area contributed by atoms with E-state index >= 15 is 0 Å². The molecule has 0 unspecified atom stereocenters. The highest BCUT2D eigenvalue weighted by Crippen LogP contribution is 2.30. The van der Waals surface area contributed by atoms with Gasteiger partial charge in [-0.2, -0.15) is 0 Å². The van der Waals surface area contributed by atoms with Gasteiger partial charge in [0.25, 0.3) is 0 Å². The number of carbonyl (C=O) groups excluding carboxylic acids is 1. The molecule has 0 atom stereocenters. The van der Waals surface area contributed by atoms with Crippen LogP contribution in [0.1, 0.15) is 40.5 Å². The van der Waals surface area contributed by atoms with Crippen molar-refractivity contribution in [2.75, 3.05) is 6.54 Å². The summed E-state index contributed by atoms with van der Waals surface area (Å²) in [6.45, 7) is 8.76. The zero-order valence-electron chi connectivity index (χ0n) is 10.2. The summed E-state index contributed by atoms with van der Waals surface area (Å²) in [5, 5.41) is 3.55. The van der Waals surface area contributed by atoms with Crippen molar-refractivity contribution in [1.82, 2.24) is 5.32 Å². The number of piperidine rings is 1. The fourth-order valence-corrected chi connectivity index (χ4v) is 2.56. The van der Waals surface area contributed by atoms with Gasteiger partial charge in [0.05, 0.1) is 0 Å². The largest absolute Gasteiger partial charge is 0.458 e. The number of hydrogen-bond donors (Lipinski definition) is 2. The van der Waals surface area contributed by atoms with E-state index in [1.165, 1.54) is 0 Å². The normalized spacial score (nSPS) is 24.9. The first-order valence-corrected chi connectivity index (χ1v) is 5.52. The lowest BCUT2D eigenvalue weighted by molar-refractivity contribution is -0.360. The fourth-order valence-electron chi connectivity index (χ4n) is 2.56. The van der Waals surface area contributed by atoms with Gasteiger partial charge in [-0.15, -0.1) is 0 Å². The van der Waals surface area contributed by atoms with Crippen molar-refractivity contribution in [3.8, 4) is 0 Å². The van der Waals surface area contributed by atoms with E-state index in [4.69, 9.17) is 4.74 Å². The number of hydrogen-bond acceptors (Lipinski definition) is 3. The molecular formula is C11H23N2O2+. The topological polar surface area (TPSA) is 66.0 Å². The Hall–Kier alpha value is -0.610. The maximum atomic E-state index is 11.2. The van der Waals surface area contributed by atoms with Crippen molar-refractivity contribution in [1.29, 1.82) is 0 Å². The van der Waals surface area contributed by atoms with Gasteiger partial charge >= 0.3 is 5.97 Å². The van der Waals surface area contributed by atoms with Crippen molar-refractivity contribution in [2.24, 2.45) is 0 Å². The average molecular weight is 215 g/mol. The van der Waals surface area contributed by atoms with Gasteiger partial charge in [-0.05, 0) is 27.7 Å². The Balaban J connectivity index is 2.63. The van der Waals surface area contributed by atoms with E-state index in [0.29, 0.717) is 0 Å². The zero-order chi connectivity index (χ0) is 11.7. The van der Waals surface area contributed by atoms with Crippen LogP contribution in [0.15, 0.2) is 0 Å². The molecule has 0 bridgehead atoms. The summed E-state index contributed by atoms with van der Waals surface area (Å²) in [4.78, 5) is 11.2. The zero-order valence-corrected chi connectivity index (χ0v) is 10.2. The number of carbonyl (C=O) groups is 1. The number of quaternary nitrogens is 1. The summed E-state index contributed by atoms with van der Waals surface area (Å²) in [6.07, 6.45) is 1.75. The van der Waals surface area contributed by atoms with Gasteiger partial charge in [-0.3, -0.25) is 0 Å². The predicted octanol–water partition coefficient (Wildman–Crippen LogP) is 0.0807. The van der Waals surface area contributed by atoms with E-state index in [9.17, 15) is 4.79 Å². The molecule has 4 heteroatoms. The average Bonchev–Trinajstić information content (AvgIpc) is 1.97. The molecule has 1 saturated heterocycles. The quantitative estimate of drug-likeness (QED) is 0.641. The lowest BCUT2D eigenvalue weighted by atomic mass is 9.81. The smallest absolute Gasteiger partial charge is 0.361 e. The summed E-state index contributed by atoms with van der Waals surface area (Å²) in [6, 6.07) is 0. The predicted molar refractivity (Wildman–Crippen MR) is 58.2 cm³/mol. The molecule has 0 aliphatic carbocycles. The van der Waals surface area contributed by atoms with Crippen LogP contribution in [0.4, 0.5) is 0 Å². The van der Waals surface area contributed by atoms with Crippen LogP contribution in [0.3, 0.4) is 0 Å². The first kappa shape index (κ1) is 12.5. The highest BCUT2D eigenvalue weighted by Gasteiger charge is 2.39. The third kappa shape index (κ3) is 3.80. The van der Waals surface area contributed by atoms with Crippen LogP contribution in [0.25, 0.3) is 0 Å². The molecule has 1 fully saturated rings. The maximum absolute atomic E-state index is 11.2. The van der Waals surface area contributed by atoms with Crippen LogP contribution < -0.4 is 11.1 Å². The molecular weight excluding hydrogens is 192 g/mol. The molecule has 1 aliphatic heterocycles. The maximum Gasteiger partial charge on any atom is 0.361 e. The highest BCUT2D eigenvalue weighted by molar-refractivity contribution is 5.70. The number of rotatable bonds is 2. The van der Waals surface area contributed by atoms with Crippen molar-refractivity contribution >= 4 is 5.97 Å². The molecule has 0 radical (unpaired) electrons. The Labute approximate surface area is 91.5 Å².